The highest BCUT2D eigenvalue weighted by Gasteiger charge is 2.36. The first kappa shape index (κ1) is 17.2. The van der Waals surface area contributed by atoms with Gasteiger partial charge >= 0.3 is 0 Å². The van der Waals surface area contributed by atoms with Crippen molar-refractivity contribution < 1.29 is 4.74 Å². The van der Waals surface area contributed by atoms with Crippen molar-refractivity contribution in [2.24, 2.45) is 17.3 Å². The van der Waals surface area contributed by atoms with E-state index in [0.717, 1.165) is 31.6 Å². The fourth-order valence-corrected chi connectivity index (χ4v) is 3.90. The molecule has 0 aliphatic carbocycles. The molecule has 1 unspecified atom stereocenters. The molecule has 124 valence electrons. The van der Waals surface area contributed by atoms with Crippen LogP contribution in [0.15, 0.2) is 0 Å². The second-order valence-corrected chi connectivity index (χ2v) is 8.05. The Bertz CT molecular complexity index is 290. The lowest BCUT2D eigenvalue weighted by Crippen LogP contribution is -2.51. The minimum atomic E-state index is 0.340. The topological polar surface area (TPSA) is 24.5 Å². The van der Waals surface area contributed by atoms with Crippen molar-refractivity contribution in [1.82, 2.24) is 10.2 Å². The van der Waals surface area contributed by atoms with E-state index >= 15 is 0 Å². The van der Waals surface area contributed by atoms with Crippen molar-refractivity contribution in [2.45, 2.75) is 59.4 Å². The second kappa shape index (κ2) is 7.94. The predicted molar refractivity (Wildman–Crippen MR) is 89.6 cm³/mol. The molecule has 2 rings (SSSR count). The molecule has 2 aliphatic rings. The number of hydrogen-bond acceptors (Lipinski definition) is 3. The molecule has 1 atom stereocenters. The van der Waals surface area contributed by atoms with Crippen LogP contribution in [0.2, 0.25) is 0 Å². The third-order valence-electron chi connectivity index (χ3n) is 5.42. The summed E-state index contributed by atoms with van der Waals surface area (Å²) in [5.41, 5.74) is 0.340. The summed E-state index contributed by atoms with van der Waals surface area (Å²) in [5, 5.41) is 3.67. The molecule has 2 heterocycles. The summed E-state index contributed by atoms with van der Waals surface area (Å²) >= 11 is 0. The van der Waals surface area contributed by atoms with Crippen molar-refractivity contribution in [2.75, 3.05) is 39.4 Å². The maximum absolute atomic E-state index is 5.85. The van der Waals surface area contributed by atoms with E-state index in [1.54, 1.807) is 0 Å². The molecule has 2 saturated heterocycles. The molecule has 2 fully saturated rings. The summed E-state index contributed by atoms with van der Waals surface area (Å²) in [6.45, 7) is 16.0. The number of piperidine rings is 1. The Morgan fingerprint density at radius 1 is 1.19 bits per heavy atom. The third-order valence-corrected chi connectivity index (χ3v) is 5.42. The van der Waals surface area contributed by atoms with Gasteiger partial charge in [-0.3, -0.25) is 0 Å². The van der Waals surface area contributed by atoms with E-state index in [2.05, 4.69) is 37.9 Å². The van der Waals surface area contributed by atoms with Crippen molar-refractivity contribution in [3.8, 4) is 0 Å². The van der Waals surface area contributed by atoms with Gasteiger partial charge in [0.15, 0.2) is 0 Å². The quantitative estimate of drug-likeness (QED) is 0.815. The maximum atomic E-state index is 5.85. The second-order valence-electron chi connectivity index (χ2n) is 8.05. The summed E-state index contributed by atoms with van der Waals surface area (Å²) in [6.07, 6.45) is 5.30. The molecule has 0 amide bonds. The zero-order valence-corrected chi connectivity index (χ0v) is 14.7. The van der Waals surface area contributed by atoms with Gasteiger partial charge in [0.1, 0.15) is 0 Å². The van der Waals surface area contributed by atoms with Crippen LogP contribution in [-0.2, 0) is 4.74 Å². The number of rotatable bonds is 6. The third kappa shape index (κ3) is 5.22. The van der Waals surface area contributed by atoms with Crippen LogP contribution >= 0.6 is 0 Å². The summed E-state index contributed by atoms with van der Waals surface area (Å²) in [5.74, 6) is 1.79. The van der Waals surface area contributed by atoms with E-state index in [-0.39, 0.29) is 0 Å². The minimum absolute atomic E-state index is 0.340. The fourth-order valence-electron chi connectivity index (χ4n) is 3.90. The summed E-state index contributed by atoms with van der Waals surface area (Å²) in [4.78, 5) is 2.70. The van der Waals surface area contributed by atoms with Gasteiger partial charge in [-0.25, -0.2) is 0 Å². The lowest BCUT2D eigenvalue weighted by Gasteiger charge is -2.44. The highest BCUT2D eigenvalue weighted by Crippen LogP contribution is 2.32. The molecule has 0 spiro atoms. The molecule has 0 aromatic rings. The first-order chi connectivity index (χ1) is 10.0. The van der Waals surface area contributed by atoms with Crippen LogP contribution in [0.5, 0.6) is 0 Å². The van der Waals surface area contributed by atoms with Gasteiger partial charge in [-0.15, -0.1) is 0 Å². The van der Waals surface area contributed by atoms with E-state index in [1.807, 2.05) is 0 Å². The number of nitrogens with zero attached hydrogens (tertiary/aromatic N) is 1. The number of likely N-dealkylation sites (tertiary alicyclic amines) is 1. The smallest absolute Gasteiger partial charge is 0.0546 e. The SMILES string of the molecule is CC(C)NCC1(CN2CCC(C(C)C)CC2)CCCOC1. The average molecular weight is 296 g/mol. The fraction of sp³-hybridized carbons (Fsp3) is 1.00. The molecule has 0 bridgehead atoms. The van der Waals surface area contributed by atoms with Crippen LogP contribution < -0.4 is 5.32 Å². The molecule has 0 radical (unpaired) electrons. The van der Waals surface area contributed by atoms with Gasteiger partial charge in [0.05, 0.1) is 6.61 Å². The van der Waals surface area contributed by atoms with E-state index in [9.17, 15) is 0 Å². The lowest BCUT2D eigenvalue weighted by atomic mass is 9.80. The molecule has 2 aliphatic heterocycles. The van der Waals surface area contributed by atoms with Crippen LogP contribution in [0.4, 0.5) is 0 Å². The van der Waals surface area contributed by atoms with Crippen molar-refractivity contribution >= 4 is 0 Å². The Kier molecular flexibility index (Phi) is 6.51. The van der Waals surface area contributed by atoms with Crippen LogP contribution in [0.3, 0.4) is 0 Å². The van der Waals surface area contributed by atoms with Gasteiger partial charge in [0, 0.05) is 31.2 Å². The van der Waals surface area contributed by atoms with E-state index in [4.69, 9.17) is 4.74 Å². The Labute approximate surface area is 131 Å². The minimum Gasteiger partial charge on any atom is -0.381 e. The van der Waals surface area contributed by atoms with Crippen molar-refractivity contribution in [1.29, 1.82) is 0 Å². The standard InChI is InChI=1S/C18H36N2O/c1-15(2)17-6-9-20(10-7-17)13-18(12-19-16(3)4)8-5-11-21-14-18/h15-17,19H,5-14H2,1-4H3. The zero-order valence-electron chi connectivity index (χ0n) is 14.7. The van der Waals surface area contributed by atoms with Gasteiger partial charge in [0.2, 0.25) is 0 Å². The molecule has 0 aromatic carbocycles. The highest BCUT2D eigenvalue weighted by molar-refractivity contribution is 4.89. The molecular formula is C18H36N2O. The molecule has 1 N–H and O–H groups in total. The van der Waals surface area contributed by atoms with E-state index in [0.29, 0.717) is 11.5 Å². The summed E-state index contributed by atoms with van der Waals surface area (Å²) in [7, 11) is 0. The number of hydrogen-bond donors (Lipinski definition) is 1. The van der Waals surface area contributed by atoms with Gasteiger partial charge in [-0.1, -0.05) is 27.7 Å². The van der Waals surface area contributed by atoms with Gasteiger partial charge in [0.25, 0.3) is 0 Å². The Balaban J connectivity index is 1.87. The van der Waals surface area contributed by atoms with Crippen LogP contribution in [0.1, 0.15) is 53.4 Å². The highest BCUT2D eigenvalue weighted by atomic mass is 16.5. The molecule has 0 aromatic heterocycles. The molecular weight excluding hydrogens is 260 g/mol. The van der Waals surface area contributed by atoms with Crippen LogP contribution in [-0.4, -0.2) is 50.3 Å². The first-order valence-electron chi connectivity index (χ1n) is 9.04. The Hall–Kier alpha value is -0.120. The molecule has 0 saturated carbocycles. The van der Waals surface area contributed by atoms with E-state index in [1.165, 1.54) is 45.3 Å². The van der Waals surface area contributed by atoms with Gasteiger partial charge in [-0.05, 0) is 50.6 Å². The zero-order chi connectivity index (χ0) is 15.3. The van der Waals surface area contributed by atoms with Crippen LogP contribution in [0, 0.1) is 17.3 Å². The molecule has 3 heteroatoms. The van der Waals surface area contributed by atoms with Crippen molar-refractivity contribution in [3.05, 3.63) is 0 Å². The molecule has 3 nitrogen and oxygen atoms in total. The normalized spacial score (nSPS) is 29.4. The summed E-state index contributed by atoms with van der Waals surface area (Å²) < 4.78 is 5.85. The average Bonchev–Trinajstić information content (AvgIpc) is 2.47. The van der Waals surface area contributed by atoms with Crippen LogP contribution in [0.25, 0.3) is 0 Å². The summed E-state index contributed by atoms with van der Waals surface area (Å²) in [6, 6.07) is 0.565. The number of ether oxygens (including phenoxy) is 1. The largest absolute Gasteiger partial charge is 0.381 e. The van der Waals surface area contributed by atoms with Gasteiger partial charge in [-0.2, -0.15) is 0 Å². The van der Waals surface area contributed by atoms with E-state index < -0.39 is 0 Å². The monoisotopic (exact) mass is 296 g/mol. The van der Waals surface area contributed by atoms with Gasteiger partial charge < -0.3 is 15.0 Å². The Morgan fingerprint density at radius 3 is 2.43 bits per heavy atom. The lowest BCUT2D eigenvalue weighted by molar-refractivity contribution is -0.0325. The molecule has 21 heavy (non-hydrogen) atoms. The number of nitrogens with one attached hydrogen (secondary N) is 1. The first-order valence-corrected chi connectivity index (χ1v) is 9.04. The maximum Gasteiger partial charge on any atom is 0.0546 e. The predicted octanol–water partition coefficient (Wildman–Crippen LogP) is 3.15. The van der Waals surface area contributed by atoms with Crippen molar-refractivity contribution in [3.63, 3.8) is 0 Å². The Morgan fingerprint density at radius 2 is 1.90 bits per heavy atom.